The van der Waals surface area contributed by atoms with E-state index in [1.807, 2.05) is 0 Å². The SMILES string of the molecule is CC(C)OP(=O)(Cc1cnc(NC(=O)[C@H](CC2CCCC2)c2ccc(S(C)(=O)=O)cc2)cn1)OC(C)C. The highest BCUT2D eigenvalue weighted by atomic mass is 32.2. The molecule has 1 aromatic heterocycles. The summed E-state index contributed by atoms with van der Waals surface area (Å²) in [6, 6.07) is 6.52. The second-order valence-corrected chi connectivity index (χ2v) is 14.2. The van der Waals surface area contributed by atoms with Crippen molar-refractivity contribution in [3.8, 4) is 0 Å². The number of amides is 1. The number of carbonyl (C=O) groups is 1. The smallest absolute Gasteiger partial charge is 0.309 e. The minimum absolute atomic E-state index is 0.0262. The standard InChI is InChI=1S/C26H38N3O6PS/c1-18(2)34-36(31,35-19(3)4)17-22-15-28-25(16-27-22)29-26(30)24(14-20-8-6-7-9-20)21-10-12-23(13-11-21)37(5,32)33/h10-13,15-16,18-20,24H,6-9,14,17H2,1-5H3,(H,28,29,30)/t24-/m1/s1. The van der Waals surface area contributed by atoms with E-state index in [9.17, 15) is 17.8 Å². The van der Waals surface area contributed by atoms with Crippen molar-refractivity contribution >= 4 is 29.2 Å². The van der Waals surface area contributed by atoms with Gasteiger partial charge in [0.1, 0.15) is 0 Å². The van der Waals surface area contributed by atoms with E-state index in [4.69, 9.17) is 9.05 Å². The first-order chi connectivity index (χ1) is 17.3. The Morgan fingerprint density at radius 3 is 2.11 bits per heavy atom. The fourth-order valence-electron chi connectivity index (χ4n) is 4.58. The van der Waals surface area contributed by atoms with Crippen LogP contribution in [-0.4, -0.2) is 42.8 Å². The van der Waals surface area contributed by atoms with Crippen LogP contribution in [0.2, 0.25) is 0 Å². The molecule has 3 rings (SSSR count). The van der Waals surface area contributed by atoms with Gasteiger partial charge in [-0.15, -0.1) is 0 Å². The molecular formula is C26H38N3O6PS. The van der Waals surface area contributed by atoms with E-state index in [1.165, 1.54) is 12.4 Å². The summed E-state index contributed by atoms with van der Waals surface area (Å²) in [6.07, 6.45) is 8.62. The minimum atomic E-state index is -3.42. The third-order valence-corrected chi connectivity index (χ3v) is 9.45. The highest BCUT2D eigenvalue weighted by molar-refractivity contribution is 7.90. The lowest BCUT2D eigenvalue weighted by Gasteiger charge is -2.22. The van der Waals surface area contributed by atoms with E-state index in [2.05, 4.69) is 15.3 Å². The first kappa shape index (κ1) is 29.4. The summed E-state index contributed by atoms with van der Waals surface area (Å²) in [7, 11) is -6.74. The Labute approximate surface area is 220 Å². The topological polar surface area (TPSA) is 125 Å². The third-order valence-electron chi connectivity index (χ3n) is 6.13. The van der Waals surface area contributed by atoms with E-state index >= 15 is 0 Å². The summed E-state index contributed by atoms with van der Waals surface area (Å²) in [5.41, 5.74) is 1.19. The van der Waals surface area contributed by atoms with Crippen molar-refractivity contribution in [1.29, 1.82) is 0 Å². The fraction of sp³-hybridized carbons (Fsp3) is 0.577. The summed E-state index contributed by atoms with van der Waals surface area (Å²) in [5, 5.41) is 2.85. The maximum absolute atomic E-state index is 13.4. The molecule has 9 nitrogen and oxygen atoms in total. The number of benzene rings is 1. The average molecular weight is 552 g/mol. The summed E-state index contributed by atoms with van der Waals surface area (Å²) in [4.78, 5) is 22.2. The number of nitrogens with one attached hydrogen (secondary N) is 1. The van der Waals surface area contributed by atoms with Crippen molar-refractivity contribution in [2.45, 2.75) is 89.0 Å². The quantitative estimate of drug-likeness (QED) is 0.332. The monoisotopic (exact) mass is 551 g/mol. The third kappa shape index (κ3) is 8.99. The Bertz CT molecular complexity index is 1180. The van der Waals surface area contributed by atoms with Crippen LogP contribution in [0.4, 0.5) is 5.82 Å². The number of hydrogen-bond donors (Lipinski definition) is 1. The van der Waals surface area contributed by atoms with Crippen LogP contribution in [0.5, 0.6) is 0 Å². The van der Waals surface area contributed by atoms with E-state index in [-0.39, 0.29) is 35.0 Å². The van der Waals surface area contributed by atoms with Gasteiger partial charge in [-0.3, -0.25) is 14.3 Å². The largest absolute Gasteiger partial charge is 0.337 e. The second kappa shape index (κ2) is 12.6. The van der Waals surface area contributed by atoms with Gasteiger partial charge < -0.3 is 14.4 Å². The molecule has 0 spiro atoms. The first-order valence-corrected chi connectivity index (χ1v) is 16.3. The minimum Gasteiger partial charge on any atom is -0.309 e. The Hall–Kier alpha value is -2.13. The number of sulfone groups is 1. The molecule has 204 valence electrons. The van der Waals surface area contributed by atoms with Gasteiger partial charge in [0.2, 0.25) is 5.91 Å². The van der Waals surface area contributed by atoms with Crippen LogP contribution < -0.4 is 5.32 Å². The van der Waals surface area contributed by atoms with Crippen LogP contribution in [-0.2, 0) is 34.4 Å². The van der Waals surface area contributed by atoms with Gasteiger partial charge in [-0.05, 0) is 57.7 Å². The first-order valence-electron chi connectivity index (χ1n) is 12.7. The van der Waals surface area contributed by atoms with Gasteiger partial charge in [-0.2, -0.15) is 0 Å². The number of carbonyl (C=O) groups excluding carboxylic acids is 1. The molecule has 1 aromatic carbocycles. The average Bonchev–Trinajstić information content (AvgIpc) is 3.30. The van der Waals surface area contributed by atoms with E-state index in [0.29, 0.717) is 18.0 Å². The molecule has 0 saturated heterocycles. The molecule has 1 saturated carbocycles. The maximum Gasteiger partial charge on any atom is 0.337 e. The molecule has 37 heavy (non-hydrogen) atoms. The van der Waals surface area contributed by atoms with Crippen LogP contribution >= 0.6 is 7.60 Å². The fourth-order valence-corrected chi connectivity index (χ4v) is 7.25. The molecule has 1 amide bonds. The van der Waals surface area contributed by atoms with Gasteiger partial charge in [0.05, 0.1) is 47.3 Å². The van der Waals surface area contributed by atoms with Gasteiger partial charge in [0.25, 0.3) is 0 Å². The van der Waals surface area contributed by atoms with Crippen molar-refractivity contribution in [1.82, 2.24) is 9.97 Å². The van der Waals surface area contributed by atoms with Gasteiger partial charge in [-0.25, -0.2) is 13.4 Å². The van der Waals surface area contributed by atoms with Gasteiger partial charge in [-0.1, -0.05) is 37.8 Å². The lowest BCUT2D eigenvalue weighted by Crippen LogP contribution is -2.24. The number of hydrogen-bond acceptors (Lipinski definition) is 8. The number of anilines is 1. The zero-order valence-corrected chi connectivity index (χ0v) is 23.9. The van der Waals surface area contributed by atoms with Crippen LogP contribution in [0.1, 0.15) is 77.0 Å². The Kier molecular flexibility index (Phi) is 10.0. The summed E-state index contributed by atoms with van der Waals surface area (Å²) in [6.45, 7) is 7.16. The number of rotatable bonds is 12. The summed E-state index contributed by atoms with van der Waals surface area (Å²) < 4.78 is 48.0. The van der Waals surface area contributed by atoms with E-state index < -0.39 is 23.4 Å². The van der Waals surface area contributed by atoms with E-state index in [1.54, 1.807) is 52.0 Å². The Morgan fingerprint density at radius 1 is 1.03 bits per heavy atom. The zero-order valence-electron chi connectivity index (χ0n) is 22.2. The molecule has 11 heteroatoms. The van der Waals surface area contributed by atoms with Crippen molar-refractivity contribution in [2.24, 2.45) is 5.92 Å². The van der Waals surface area contributed by atoms with Crippen LogP contribution in [0.3, 0.4) is 0 Å². The predicted molar refractivity (Wildman–Crippen MR) is 143 cm³/mol. The van der Waals surface area contributed by atoms with Crippen molar-refractivity contribution in [3.63, 3.8) is 0 Å². The van der Waals surface area contributed by atoms with Crippen LogP contribution in [0.15, 0.2) is 41.6 Å². The van der Waals surface area contributed by atoms with Gasteiger partial charge in [0.15, 0.2) is 15.7 Å². The van der Waals surface area contributed by atoms with Gasteiger partial charge >= 0.3 is 7.60 Å². The molecule has 2 aromatic rings. The van der Waals surface area contributed by atoms with Crippen LogP contribution in [0, 0.1) is 5.92 Å². The van der Waals surface area contributed by atoms with Crippen molar-refractivity contribution in [3.05, 3.63) is 47.9 Å². The summed E-state index contributed by atoms with van der Waals surface area (Å²) in [5.74, 6) is 0.0486. The molecule has 1 aliphatic rings. The Balaban J connectivity index is 1.75. The highest BCUT2D eigenvalue weighted by Crippen LogP contribution is 2.53. The zero-order chi connectivity index (χ0) is 27.2. The number of aromatic nitrogens is 2. The number of nitrogens with zero attached hydrogens (tertiary/aromatic N) is 2. The molecule has 1 N–H and O–H groups in total. The molecule has 1 heterocycles. The van der Waals surface area contributed by atoms with E-state index in [0.717, 1.165) is 37.5 Å². The molecule has 0 aliphatic heterocycles. The molecule has 1 aliphatic carbocycles. The normalized spacial score (nSPS) is 15.9. The molecule has 0 bridgehead atoms. The second-order valence-electron chi connectivity index (χ2n) is 10.2. The molecule has 1 atom stereocenters. The molecule has 0 unspecified atom stereocenters. The van der Waals surface area contributed by atoms with Gasteiger partial charge in [0, 0.05) is 6.26 Å². The van der Waals surface area contributed by atoms with Crippen molar-refractivity contribution < 1.29 is 26.8 Å². The van der Waals surface area contributed by atoms with Crippen LogP contribution in [0.25, 0.3) is 0 Å². The molecule has 0 radical (unpaired) electrons. The van der Waals surface area contributed by atoms with Crippen molar-refractivity contribution in [2.75, 3.05) is 11.6 Å². The summed E-state index contributed by atoms with van der Waals surface area (Å²) >= 11 is 0. The highest BCUT2D eigenvalue weighted by Gasteiger charge is 2.30. The predicted octanol–water partition coefficient (Wildman–Crippen LogP) is 5.73. The molecular weight excluding hydrogens is 513 g/mol. The lowest BCUT2D eigenvalue weighted by atomic mass is 9.87. The lowest BCUT2D eigenvalue weighted by molar-refractivity contribution is -0.118. The molecule has 1 fully saturated rings. The maximum atomic E-state index is 13.4. The Morgan fingerprint density at radius 2 is 1.62 bits per heavy atom.